The molecule has 0 spiro atoms. The molecule has 10 nitrogen and oxygen atoms in total. The second-order valence-electron chi connectivity index (χ2n) is 10.4. The van der Waals surface area contributed by atoms with E-state index in [1.54, 1.807) is 12.1 Å². The quantitative estimate of drug-likeness (QED) is 0.0667. The molecule has 0 aromatic heterocycles. The van der Waals surface area contributed by atoms with Crippen LogP contribution in [-0.2, 0) is 18.9 Å². The van der Waals surface area contributed by atoms with Crippen molar-refractivity contribution in [3.63, 3.8) is 0 Å². The van der Waals surface area contributed by atoms with E-state index in [9.17, 15) is 4.79 Å². The smallest absolute Gasteiger partial charge is 0.342 e. The van der Waals surface area contributed by atoms with Gasteiger partial charge in [0.05, 0.1) is 18.8 Å². The molecule has 1 aromatic rings. The fraction of sp³-hybridized carbons (Fsp3) is 0.621. The van der Waals surface area contributed by atoms with Crippen LogP contribution >= 0.6 is 0 Å². The summed E-state index contributed by atoms with van der Waals surface area (Å²) in [5.41, 5.74) is 9.34. The summed E-state index contributed by atoms with van der Waals surface area (Å²) >= 11 is 0. The van der Waals surface area contributed by atoms with Crippen molar-refractivity contribution in [3.8, 4) is 11.5 Å². The largest absolute Gasteiger partial charge is 0.493 e. The number of nitrogens with zero attached hydrogens (tertiary/aromatic N) is 3. The van der Waals surface area contributed by atoms with Crippen LogP contribution in [0.1, 0.15) is 69.8 Å². The number of hydrogen-bond donors (Lipinski definition) is 0. The fourth-order valence-electron chi connectivity index (χ4n) is 4.57. The molecular weight excluding hydrogens is 502 g/mol. The Kier molecular flexibility index (Phi) is 11.2. The summed E-state index contributed by atoms with van der Waals surface area (Å²) in [5, 5.41) is 3.55. The lowest BCUT2D eigenvalue weighted by molar-refractivity contribution is -0.148. The van der Waals surface area contributed by atoms with Crippen molar-refractivity contribution in [1.82, 2.24) is 0 Å². The Bertz CT molecular complexity index is 1080. The molecule has 1 fully saturated rings. The Morgan fingerprint density at radius 3 is 2.62 bits per heavy atom. The molecule has 0 radical (unpaired) electrons. The molecule has 0 aliphatic carbocycles. The Labute approximate surface area is 230 Å². The van der Waals surface area contributed by atoms with Crippen molar-refractivity contribution < 1.29 is 33.2 Å². The maximum absolute atomic E-state index is 13.5. The van der Waals surface area contributed by atoms with Crippen LogP contribution in [0.3, 0.4) is 0 Å². The van der Waals surface area contributed by atoms with Crippen molar-refractivity contribution in [2.45, 2.75) is 78.0 Å². The van der Waals surface area contributed by atoms with Crippen LogP contribution in [0, 0.1) is 11.8 Å². The van der Waals surface area contributed by atoms with E-state index in [-0.39, 0.29) is 36.9 Å². The molecule has 1 aromatic carbocycles. The van der Waals surface area contributed by atoms with E-state index in [0.717, 1.165) is 0 Å². The van der Waals surface area contributed by atoms with E-state index in [1.165, 1.54) is 7.11 Å². The predicted molar refractivity (Wildman–Crippen MR) is 148 cm³/mol. The standard InChI is InChI=1S/C29H41N3O7/c1-19-12-13-20(2)27-24(38-29(4,5)39-27)11-9-10-22-16-23(35-15-8-7-14-31-32-30)17-25(36-18-34-6)26(22)28(33)37-21(19)3/h9-10,12-13,16-17,19-21,24,27H,7-8,11,14-15,18H2,1-6H3/b10-9?,13-12-/t19-,20?,21+,24?,27?/m1/s1. The highest BCUT2D eigenvalue weighted by molar-refractivity contribution is 5.97. The van der Waals surface area contributed by atoms with Crippen LogP contribution in [-0.4, -0.2) is 57.1 Å². The van der Waals surface area contributed by atoms with Gasteiger partial charge in [-0.05, 0) is 57.2 Å². The summed E-state index contributed by atoms with van der Waals surface area (Å²) in [6, 6.07) is 3.47. The lowest BCUT2D eigenvalue weighted by Crippen LogP contribution is -2.29. The lowest BCUT2D eigenvalue weighted by Gasteiger charge is -2.23. The third kappa shape index (κ3) is 8.73. The molecule has 10 heteroatoms. The van der Waals surface area contributed by atoms with Gasteiger partial charge < -0.3 is 28.4 Å². The SMILES string of the molecule is COCOc1cc(OCCCCN=[N+]=[N-])cc2c1C(=O)O[C@@H](C)[C@H](C)/C=C\C(C)C1OC(C)(C)OC1CC=C2. The van der Waals surface area contributed by atoms with Gasteiger partial charge in [-0.25, -0.2) is 4.79 Å². The summed E-state index contributed by atoms with van der Waals surface area (Å²) in [4.78, 5) is 16.3. The van der Waals surface area contributed by atoms with E-state index in [1.807, 2.05) is 39.8 Å². The first kappa shape index (κ1) is 30.5. The average molecular weight is 544 g/mol. The number of methoxy groups -OCH3 is 1. The second kappa shape index (κ2) is 14.4. The minimum Gasteiger partial charge on any atom is -0.493 e. The van der Waals surface area contributed by atoms with Crippen LogP contribution in [0.5, 0.6) is 11.5 Å². The summed E-state index contributed by atoms with van der Waals surface area (Å²) in [7, 11) is 1.51. The molecule has 3 rings (SSSR count). The average Bonchev–Trinajstić information content (AvgIpc) is 3.21. The molecule has 0 bridgehead atoms. The lowest BCUT2D eigenvalue weighted by atomic mass is 9.94. The summed E-state index contributed by atoms with van der Waals surface area (Å²) in [5.74, 6) is -0.236. The monoisotopic (exact) mass is 543 g/mol. The van der Waals surface area contributed by atoms with E-state index >= 15 is 0 Å². The number of cyclic esters (lactones) is 1. The number of esters is 1. The van der Waals surface area contributed by atoms with Crippen LogP contribution in [0.25, 0.3) is 16.5 Å². The minimum absolute atomic E-state index is 0.0246. The van der Waals surface area contributed by atoms with Crippen molar-refractivity contribution in [1.29, 1.82) is 0 Å². The first-order valence-electron chi connectivity index (χ1n) is 13.5. The van der Waals surface area contributed by atoms with Gasteiger partial charge in [0.15, 0.2) is 12.6 Å². The predicted octanol–water partition coefficient (Wildman–Crippen LogP) is 6.45. The third-order valence-electron chi connectivity index (χ3n) is 6.78. The highest BCUT2D eigenvalue weighted by Gasteiger charge is 2.42. The van der Waals surface area contributed by atoms with Gasteiger partial charge >= 0.3 is 5.97 Å². The molecule has 5 atom stereocenters. The van der Waals surface area contributed by atoms with Crippen LogP contribution in [0.2, 0.25) is 0 Å². The number of fused-ring (bicyclic) bond motifs is 2. The fourth-order valence-corrected chi connectivity index (χ4v) is 4.57. The molecule has 2 aliphatic heterocycles. The van der Waals surface area contributed by atoms with Crippen LogP contribution in [0.4, 0.5) is 0 Å². The molecule has 3 unspecified atom stereocenters. The maximum Gasteiger partial charge on any atom is 0.342 e. The Morgan fingerprint density at radius 1 is 1.10 bits per heavy atom. The molecule has 2 aliphatic rings. The van der Waals surface area contributed by atoms with E-state index < -0.39 is 11.8 Å². The zero-order chi connectivity index (χ0) is 28.4. The van der Waals surface area contributed by atoms with Gasteiger partial charge in [-0.15, -0.1) is 0 Å². The zero-order valence-corrected chi connectivity index (χ0v) is 23.8. The topological polar surface area (TPSA) is 121 Å². The molecule has 214 valence electrons. The Hall–Kier alpha value is -3.04. The molecular formula is C29H41N3O7. The van der Waals surface area contributed by atoms with Crippen LogP contribution in [0.15, 0.2) is 35.5 Å². The van der Waals surface area contributed by atoms with Gasteiger partial charge in [0.1, 0.15) is 23.2 Å². The molecule has 0 amide bonds. The van der Waals surface area contributed by atoms with Gasteiger partial charge in [0.25, 0.3) is 0 Å². The maximum atomic E-state index is 13.5. The second-order valence-corrected chi connectivity index (χ2v) is 10.4. The Balaban J connectivity index is 1.98. The number of carbonyl (C=O) groups excluding carboxylic acids is 1. The number of ether oxygens (including phenoxy) is 6. The first-order chi connectivity index (χ1) is 18.6. The van der Waals surface area contributed by atoms with Crippen molar-refractivity contribution in [2.75, 3.05) is 27.1 Å². The van der Waals surface area contributed by atoms with Gasteiger partial charge in [0.2, 0.25) is 0 Å². The van der Waals surface area contributed by atoms with E-state index in [2.05, 4.69) is 29.1 Å². The third-order valence-corrected chi connectivity index (χ3v) is 6.78. The molecule has 2 heterocycles. The normalized spacial score (nSPS) is 27.3. The minimum atomic E-state index is -0.685. The van der Waals surface area contributed by atoms with E-state index in [4.69, 9.17) is 34.0 Å². The number of unbranched alkanes of at least 4 members (excludes halogenated alkanes) is 1. The van der Waals surface area contributed by atoms with Gasteiger partial charge in [-0.1, -0.05) is 43.3 Å². The highest BCUT2D eigenvalue weighted by atomic mass is 16.8. The van der Waals surface area contributed by atoms with Crippen molar-refractivity contribution >= 4 is 12.0 Å². The molecule has 1 saturated heterocycles. The van der Waals surface area contributed by atoms with Gasteiger partial charge in [-0.2, -0.15) is 0 Å². The van der Waals surface area contributed by atoms with E-state index in [0.29, 0.717) is 55.0 Å². The summed E-state index contributed by atoms with van der Waals surface area (Å²) in [6.07, 6.45) is 9.39. The zero-order valence-electron chi connectivity index (χ0n) is 23.8. The number of benzene rings is 1. The van der Waals surface area contributed by atoms with Crippen LogP contribution < -0.4 is 9.47 Å². The summed E-state index contributed by atoms with van der Waals surface area (Å²) in [6.45, 7) is 10.6. The van der Waals surface area contributed by atoms with Gasteiger partial charge in [0, 0.05) is 36.5 Å². The van der Waals surface area contributed by atoms with Gasteiger partial charge in [-0.3, -0.25) is 0 Å². The van der Waals surface area contributed by atoms with Crippen molar-refractivity contribution in [2.24, 2.45) is 17.0 Å². The summed E-state index contributed by atoms with van der Waals surface area (Å²) < 4.78 is 35.3. The molecule has 39 heavy (non-hydrogen) atoms. The first-order valence-corrected chi connectivity index (χ1v) is 13.5. The Morgan fingerprint density at radius 2 is 1.87 bits per heavy atom. The number of hydrogen-bond acceptors (Lipinski definition) is 8. The molecule has 0 N–H and O–H groups in total. The highest BCUT2D eigenvalue weighted by Crippen LogP contribution is 2.36. The number of rotatable bonds is 9. The number of carbonyl (C=O) groups is 1. The number of azide groups is 1. The molecule has 0 saturated carbocycles. The van der Waals surface area contributed by atoms with Crippen molar-refractivity contribution in [3.05, 3.63) is 51.9 Å².